The van der Waals surface area contributed by atoms with Crippen molar-refractivity contribution >= 4 is 41.3 Å². The largest absolute Gasteiger partial charge is 0.384 e. The number of aliphatic hydroxyl groups excluding tert-OH is 2. The molecule has 2 heterocycles. The molecule has 5 rings (SSSR count). The zero-order valence-electron chi connectivity index (χ0n) is 18.9. The number of aromatic nitrogens is 2. The van der Waals surface area contributed by atoms with E-state index < -0.39 is 18.1 Å². The van der Waals surface area contributed by atoms with Crippen LogP contribution in [0.25, 0.3) is 11.3 Å². The van der Waals surface area contributed by atoms with Crippen LogP contribution in [-0.2, 0) is 11.3 Å². The summed E-state index contributed by atoms with van der Waals surface area (Å²) in [5.74, 6) is -1.00. The lowest BCUT2D eigenvalue weighted by Gasteiger charge is -2.29. The average Bonchev–Trinajstić information content (AvgIpc) is 3.47. The maximum absolute atomic E-state index is 14.6. The first-order valence-electron chi connectivity index (χ1n) is 11.0. The van der Waals surface area contributed by atoms with E-state index in [0.717, 1.165) is 16.8 Å². The van der Waals surface area contributed by atoms with E-state index in [9.17, 15) is 19.4 Å². The quantitative estimate of drug-likeness (QED) is 0.337. The van der Waals surface area contributed by atoms with Gasteiger partial charge in [-0.05, 0) is 41.5 Å². The number of para-hydroxylation sites is 1. The van der Waals surface area contributed by atoms with E-state index in [0.29, 0.717) is 10.7 Å². The van der Waals surface area contributed by atoms with E-state index in [-0.39, 0.29) is 42.7 Å². The summed E-state index contributed by atoms with van der Waals surface area (Å²) in [5.41, 5.74) is 3.42. The van der Waals surface area contributed by atoms with Crippen molar-refractivity contribution in [2.75, 3.05) is 16.3 Å². The lowest BCUT2D eigenvalue weighted by molar-refractivity contribution is -0.118. The number of halogens is 3. The number of nitrogens with one attached hydrogen (secondary N) is 1. The second kappa shape index (κ2) is 10.7. The molecule has 3 N–H and O–H groups in total. The van der Waals surface area contributed by atoms with Gasteiger partial charge in [0.2, 0.25) is 5.91 Å². The zero-order valence-corrected chi connectivity index (χ0v) is 20.5. The predicted octanol–water partition coefficient (Wildman–Crippen LogP) is 4.70. The summed E-state index contributed by atoms with van der Waals surface area (Å²) in [6.07, 6.45) is 0.534. The number of rotatable bonds is 6. The van der Waals surface area contributed by atoms with Crippen LogP contribution >= 0.6 is 24.0 Å². The van der Waals surface area contributed by atoms with E-state index in [1.54, 1.807) is 35.6 Å². The van der Waals surface area contributed by atoms with Crippen LogP contribution < -0.4 is 9.80 Å². The first-order chi connectivity index (χ1) is 16.9. The third kappa shape index (κ3) is 4.94. The highest BCUT2D eigenvalue weighted by Crippen LogP contribution is 2.40. The minimum absolute atomic E-state index is 0. The van der Waals surface area contributed by atoms with Gasteiger partial charge in [-0.2, -0.15) is 0 Å². The Bertz CT molecular complexity index is 1350. The molecular formula is C26H23Cl2FN4O3. The highest BCUT2D eigenvalue weighted by atomic mass is 35.5. The topological polar surface area (TPSA) is 92.7 Å². The normalized spacial score (nSPS) is 16.4. The number of carbonyl (C=O) groups is 1. The molecule has 10 heteroatoms. The molecule has 1 aliphatic heterocycles. The zero-order chi connectivity index (χ0) is 24.5. The molecule has 0 saturated heterocycles. The first-order valence-corrected chi connectivity index (χ1v) is 11.3. The van der Waals surface area contributed by atoms with Crippen molar-refractivity contribution in [1.82, 2.24) is 9.97 Å². The van der Waals surface area contributed by atoms with Crippen molar-refractivity contribution in [2.45, 2.75) is 18.9 Å². The molecule has 36 heavy (non-hydrogen) atoms. The summed E-state index contributed by atoms with van der Waals surface area (Å²) in [6.45, 7) is -0.131. The molecule has 2 atom stereocenters. The third-order valence-electron chi connectivity index (χ3n) is 6.05. The van der Waals surface area contributed by atoms with Gasteiger partial charge < -0.3 is 25.0 Å². The van der Waals surface area contributed by atoms with Gasteiger partial charge in [0.25, 0.3) is 0 Å². The van der Waals surface area contributed by atoms with Gasteiger partial charge in [0.05, 0.1) is 30.5 Å². The van der Waals surface area contributed by atoms with Crippen LogP contribution in [0, 0.1) is 5.82 Å². The van der Waals surface area contributed by atoms with E-state index in [1.807, 2.05) is 30.3 Å². The monoisotopic (exact) mass is 528 g/mol. The second-order valence-corrected chi connectivity index (χ2v) is 8.72. The van der Waals surface area contributed by atoms with Gasteiger partial charge in [0.1, 0.15) is 18.5 Å². The lowest BCUT2D eigenvalue weighted by atomic mass is 10.1. The molecule has 4 aromatic rings. The molecule has 0 radical (unpaired) electrons. The number of hydrogen-bond donors (Lipinski definition) is 3. The fourth-order valence-electron chi connectivity index (χ4n) is 4.32. The molecule has 2 unspecified atom stereocenters. The molecule has 7 nitrogen and oxygen atoms in total. The fraction of sp³-hybridized carbons (Fsp3) is 0.154. The Kier molecular flexibility index (Phi) is 7.61. The first kappa shape index (κ1) is 25.7. The van der Waals surface area contributed by atoms with Crippen LogP contribution in [0.2, 0.25) is 5.02 Å². The van der Waals surface area contributed by atoms with Crippen LogP contribution in [0.1, 0.15) is 17.2 Å². The van der Waals surface area contributed by atoms with Gasteiger partial charge in [-0.1, -0.05) is 48.0 Å². The SMILES string of the molecule is Cl.O=C(CN1c2c(F)cccc2C(O)C1O)N(Cc1cccc(Cl)c1)c1ccc(-c2cnc[nH]2)cc1. The Balaban J connectivity index is 0.00000304. The van der Waals surface area contributed by atoms with Crippen LogP contribution in [-0.4, -0.2) is 38.9 Å². The minimum Gasteiger partial charge on any atom is -0.384 e. The van der Waals surface area contributed by atoms with Crippen LogP contribution in [0.15, 0.2) is 79.3 Å². The molecule has 3 aromatic carbocycles. The molecule has 1 aliphatic rings. The number of aliphatic hydroxyl groups is 2. The molecule has 0 aliphatic carbocycles. The number of amides is 1. The fourth-order valence-corrected chi connectivity index (χ4v) is 4.53. The van der Waals surface area contributed by atoms with Crippen molar-refractivity contribution < 1.29 is 19.4 Å². The summed E-state index contributed by atoms with van der Waals surface area (Å²) in [7, 11) is 0. The third-order valence-corrected chi connectivity index (χ3v) is 6.29. The number of carbonyl (C=O) groups excluding carboxylic acids is 1. The van der Waals surface area contributed by atoms with Gasteiger partial charge >= 0.3 is 0 Å². The number of benzene rings is 3. The van der Waals surface area contributed by atoms with Gasteiger partial charge in [0, 0.05) is 16.3 Å². The van der Waals surface area contributed by atoms with Crippen molar-refractivity contribution in [3.63, 3.8) is 0 Å². The van der Waals surface area contributed by atoms with Crippen molar-refractivity contribution in [1.29, 1.82) is 0 Å². The predicted molar refractivity (Wildman–Crippen MR) is 139 cm³/mol. The van der Waals surface area contributed by atoms with Gasteiger partial charge in [0.15, 0.2) is 6.23 Å². The Morgan fingerprint density at radius 1 is 1.11 bits per heavy atom. The van der Waals surface area contributed by atoms with Crippen LogP contribution in [0.4, 0.5) is 15.8 Å². The molecule has 1 amide bonds. The second-order valence-electron chi connectivity index (χ2n) is 8.29. The van der Waals surface area contributed by atoms with Gasteiger partial charge in [-0.25, -0.2) is 9.37 Å². The number of imidazole rings is 1. The number of fused-ring (bicyclic) bond motifs is 1. The van der Waals surface area contributed by atoms with Crippen molar-refractivity contribution in [3.05, 3.63) is 101 Å². The van der Waals surface area contributed by atoms with Gasteiger partial charge in [-0.15, -0.1) is 12.4 Å². The molecule has 0 fully saturated rings. The standard InChI is InChI=1S/C26H22ClFN4O3.ClH/c27-18-4-1-3-16(11-18)13-31(19-9-7-17(8-10-19)22-12-29-15-30-22)23(33)14-32-24-20(25(34)26(32)35)5-2-6-21(24)28;/h1-12,15,25-26,34-35H,13-14H2,(H,29,30);1H. The van der Waals surface area contributed by atoms with Crippen LogP contribution in [0.5, 0.6) is 0 Å². The summed E-state index contributed by atoms with van der Waals surface area (Å²) in [6, 6.07) is 18.8. The summed E-state index contributed by atoms with van der Waals surface area (Å²) < 4.78 is 14.6. The van der Waals surface area contributed by atoms with Crippen molar-refractivity contribution in [3.8, 4) is 11.3 Å². The number of hydrogen-bond acceptors (Lipinski definition) is 5. The Hall–Kier alpha value is -3.43. The molecule has 0 spiro atoms. The summed E-state index contributed by atoms with van der Waals surface area (Å²) >= 11 is 6.15. The Morgan fingerprint density at radius 3 is 2.56 bits per heavy atom. The average molecular weight is 529 g/mol. The van der Waals surface area contributed by atoms with Gasteiger partial charge in [-0.3, -0.25) is 4.79 Å². The Labute approximate surface area is 218 Å². The van der Waals surface area contributed by atoms with E-state index in [4.69, 9.17) is 11.6 Å². The van der Waals surface area contributed by atoms with E-state index in [1.165, 1.54) is 23.1 Å². The molecular weight excluding hydrogens is 506 g/mol. The maximum Gasteiger partial charge on any atom is 0.246 e. The highest BCUT2D eigenvalue weighted by molar-refractivity contribution is 6.30. The highest BCUT2D eigenvalue weighted by Gasteiger charge is 2.39. The number of aromatic amines is 1. The molecule has 0 saturated carbocycles. The number of H-pyrrole nitrogens is 1. The van der Waals surface area contributed by atoms with E-state index in [2.05, 4.69) is 9.97 Å². The van der Waals surface area contributed by atoms with Crippen LogP contribution in [0.3, 0.4) is 0 Å². The molecule has 186 valence electrons. The number of anilines is 2. The van der Waals surface area contributed by atoms with Crippen molar-refractivity contribution in [2.24, 2.45) is 0 Å². The summed E-state index contributed by atoms with van der Waals surface area (Å²) in [5, 5.41) is 21.5. The minimum atomic E-state index is -1.44. The van der Waals surface area contributed by atoms with E-state index >= 15 is 0 Å². The smallest absolute Gasteiger partial charge is 0.246 e. The molecule has 0 bridgehead atoms. The lowest BCUT2D eigenvalue weighted by Crippen LogP contribution is -2.44. The number of nitrogens with zero attached hydrogens (tertiary/aromatic N) is 3. The maximum atomic E-state index is 14.6. The Morgan fingerprint density at radius 2 is 1.86 bits per heavy atom. The molecule has 1 aromatic heterocycles. The summed E-state index contributed by atoms with van der Waals surface area (Å²) in [4.78, 5) is 23.4.